The first-order valence-corrected chi connectivity index (χ1v) is 16.2. The van der Waals surface area contributed by atoms with Gasteiger partial charge in [0.15, 0.2) is 5.58 Å². The van der Waals surface area contributed by atoms with Crippen LogP contribution in [-0.2, 0) is 6.42 Å². The van der Waals surface area contributed by atoms with Crippen molar-refractivity contribution >= 4 is 66.7 Å². The molecule has 2 aromatic heterocycles. The molecule has 2 nitrogen and oxygen atoms in total. The van der Waals surface area contributed by atoms with Gasteiger partial charge >= 0.3 is 0 Å². The van der Waals surface area contributed by atoms with Gasteiger partial charge in [-0.15, -0.1) is 0 Å². The van der Waals surface area contributed by atoms with Crippen LogP contribution in [0, 0.1) is 6.08 Å². The summed E-state index contributed by atoms with van der Waals surface area (Å²) in [6.45, 7) is 0. The van der Waals surface area contributed by atoms with Crippen LogP contribution >= 0.6 is 0 Å². The molecule has 7 aromatic carbocycles. The van der Waals surface area contributed by atoms with E-state index in [1.165, 1.54) is 82.4 Å². The Morgan fingerprint density at radius 2 is 1.43 bits per heavy atom. The predicted octanol–water partition coefficient (Wildman–Crippen LogP) is 11.9. The van der Waals surface area contributed by atoms with Crippen molar-refractivity contribution in [3.63, 3.8) is 0 Å². The van der Waals surface area contributed by atoms with Crippen LogP contribution in [0.15, 0.2) is 138 Å². The molecule has 0 fully saturated rings. The molecule has 0 spiro atoms. The third-order valence-electron chi connectivity index (χ3n) is 10.3. The number of benzene rings is 7. The van der Waals surface area contributed by atoms with Crippen molar-refractivity contribution in [2.24, 2.45) is 0 Å². The highest BCUT2D eigenvalue weighted by Gasteiger charge is 2.24. The monoisotopic (exact) mass is 596 g/mol. The molecule has 47 heavy (non-hydrogen) atoms. The quantitative estimate of drug-likeness (QED) is 0.182. The Labute approximate surface area is 271 Å². The second-order valence-corrected chi connectivity index (χ2v) is 12.8. The van der Waals surface area contributed by atoms with Crippen LogP contribution in [0.25, 0.3) is 94.6 Å². The van der Waals surface area contributed by atoms with Crippen LogP contribution in [0.2, 0.25) is 0 Å². The molecule has 2 aliphatic rings. The van der Waals surface area contributed by atoms with E-state index in [4.69, 9.17) is 4.42 Å². The molecule has 0 saturated heterocycles. The molecule has 0 radical (unpaired) electrons. The molecular weight excluding hydrogens is 571 g/mol. The van der Waals surface area contributed by atoms with Gasteiger partial charge in [-0.1, -0.05) is 66.7 Å². The predicted molar refractivity (Wildman–Crippen MR) is 196 cm³/mol. The summed E-state index contributed by atoms with van der Waals surface area (Å²) in [7, 11) is 0. The fraction of sp³-hybridized carbons (Fsp3) is 0.0222. The molecular formula is C45H26NO+. The zero-order chi connectivity index (χ0) is 30.6. The van der Waals surface area contributed by atoms with Gasteiger partial charge in [0.2, 0.25) is 0 Å². The average molecular weight is 597 g/mol. The second-order valence-electron chi connectivity index (χ2n) is 12.8. The summed E-state index contributed by atoms with van der Waals surface area (Å²) in [6, 6.07) is 47.0. The number of nitrogens with zero attached hydrogens (tertiary/aromatic N) is 1. The standard InChI is InChI=1S/C45H26NO/c1-2-10-33(11-3-1)46-41-20-18-30(24-40(41)44-34-12-6-4-8-27(34)17-21-42(44)46)29-14-15-31-22-32-25-43-39(26-38(32)37(31)23-29)36-19-16-28-9-5-7-13-35(28)45(36)47-43/h1-4,6-21,23-26H,22H2/q+1. The summed E-state index contributed by atoms with van der Waals surface area (Å²) in [4.78, 5) is 0. The molecule has 216 valence electrons. The summed E-state index contributed by atoms with van der Waals surface area (Å²) in [5.41, 5.74) is 15.6. The SMILES string of the molecule is [C+]1=Cc2ccc3c(oc4cc5c(cc43)-c3cc(-c4ccc6c(c4)c4c7ccccc7ccc4n6-c4ccccc4)ccc3C5)c2C=C1. The van der Waals surface area contributed by atoms with Gasteiger partial charge in [0.05, 0.1) is 22.7 Å². The topological polar surface area (TPSA) is 18.1 Å². The Kier molecular flexibility index (Phi) is 4.89. The molecule has 11 rings (SSSR count). The lowest BCUT2D eigenvalue weighted by atomic mass is 9.96. The maximum absolute atomic E-state index is 6.51. The zero-order valence-corrected chi connectivity index (χ0v) is 25.4. The molecule has 2 heterocycles. The first kappa shape index (κ1) is 25.0. The fourth-order valence-electron chi connectivity index (χ4n) is 8.12. The summed E-state index contributed by atoms with van der Waals surface area (Å²) in [6.07, 6.45) is 10.2. The van der Waals surface area contributed by atoms with E-state index in [2.05, 4.69) is 144 Å². The average Bonchev–Trinajstić information content (AvgIpc) is 3.79. The number of aromatic nitrogens is 1. The van der Waals surface area contributed by atoms with E-state index < -0.39 is 0 Å². The minimum atomic E-state index is 0.920. The van der Waals surface area contributed by atoms with Crippen LogP contribution in [0.3, 0.4) is 0 Å². The van der Waals surface area contributed by atoms with Crippen LogP contribution < -0.4 is 0 Å². The van der Waals surface area contributed by atoms with E-state index >= 15 is 0 Å². The highest BCUT2D eigenvalue weighted by molar-refractivity contribution is 6.22. The maximum Gasteiger partial charge on any atom is 0.170 e. The van der Waals surface area contributed by atoms with E-state index in [1.54, 1.807) is 0 Å². The number of furan rings is 1. The lowest BCUT2D eigenvalue weighted by Crippen LogP contribution is -1.93. The van der Waals surface area contributed by atoms with Crippen molar-refractivity contribution < 1.29 is 4.42 Å². The van der Waals surface area contributed by atoms with Crippen LogP contribution in [0.5, 0.6) is 0 Å². The molecule has 2 aliphatic carbocycles. The van der Waals surface area contributed by atoms with E-state index in [0.29, 0.717) is 0 Å². The number of hydrogen-bond acceptors (Lipinski definition) is 1. The smallest absolute Gasteiger partial charge is 0.170 e. The van der Waals surface area contributed by atoms with Crippen molar-refractivity contribution in [2.45, 2.75) is 6.42 Å². The first-order valence-electron chi connectivity index (χ1n) is 16.2. The largest absolute Gasteiger partial charge is 0.453 e. The van der Waals surface area contributed by atoms with Gasteiger partial charge in [-0.2, -0.15) is 0 Å². The number of rotatable bonds is 2. The normalized spacial score (nSPS) is 13.1. The molecule has 0 bridgehead atoms. The summed E-state index contributed by atoms with van der Waals surface area (Å²) in [5, 5.41) is 7.46. The van der Waals surface area contributed by atoms with E-state index in [9.17, 15) is 0 Å². The number of para-hydroxylation sites is 1. The molecule has 0 saturated carbocycles. The van der Waals surface area contributed by atoms with Crippen molar-refractivity contribution in [1.82, 2.24) is 4.57 Å². The van der Waals surface area contributed by atoms with Crippen LogP contribution in [0.4, 0.5) is 0 Å². The second kappa shape index (κ2) is 9.17. The van der Waals surface area contributed by atoms with E-state index in [1.807, 2.05) is 12.2 Å². The summed E-state index contributed by atoms with van der Waals surface area (Å²) in [5.74, 6) is 0. The van der Waals surface area contributed by atoms with Crippen molar-refractivity contribution in [3.8, 4) is 27.9 Å². The molecule has 0 N–H and O–H groups in total. The summed E-state index contributed by atoms with van der Waals surface area (Å²) < 4.78 is 8.91. The van der Waals surface area contributed by atoms with Crippen molar-refractivity contribution in [2.75, 3.05) is 0 Å². The Bertz CT molecular complexity index is 2860. The van der Waals surface area contributed by atoms with Crippen molar-refractivity contribution in [3.05, 3.63) is 162 Å². The molecule has 9 aromatic rings. The first-order chi connectivity index (χ1) is 23.3. The van der Waals surface area contributed by atoms with Gasteiger partial charge in [0, 0.05) is 39.4 Å². The summed E-state index contributed by atoms with van der Waals surface area (Å²) >= 11 is 0. The van der Waals surface area contributed by atoms with Gasteiger partial charge in [0.1, 0.15) is 23.3 Å². The highest BCUT2D eigenvalue weighted by Crippen LogP contribution is 2.45. The number of fused-ring (bicyclic) bond motifs is 13. The zero-order valence-electron chi connectivity index (χ0n) is 25.4. The third kappa shape index (κ3) is 3.48. The molecule has 2 heteroatoms. The Hall–Kier alpha value is -6.21. The van der Waals surface area contributed by atoms with Crippen LogP contribution in [-0.4, -0.2) is 4.57 Å². The van der Waals surface area contributed by atoms with Gasteiger partial charge in [-0.05, 0) is 105 Å². The number of hydrogen-bond donors (Lipinski definition) is 0. The molecule has 0 aliphatic heterocycles. The van der Waals surface area contributed by atoms with E-state index in [-0.39, 0.29) is 0 Å². The fourth-order valence-corrected chi connectivity index (χ4v) is 8.12. The number of allylic oxidation sites excluding steroid dienone is 2. The van der Waals surface area contributed by atoms with Crippen molar-refractivity contribution in [1.29, 1.82) is 0 Å². The van der Waals surface area contributed by atoms with Gasteiger partial charge < -0.3 is 8.98 Å². The van der Waals surface area contributed by atoms with Gasteiger partial charge in [-0.25, -0.2) is 0 Å². The Balaban J connectivity index is 1.10. The van der Waals surface area contributed by atoms with Gasteiger partial charge in [0.25, 0.3) is 0 Å². The maximum atomic E-state index is 6.51. The molecule has 0 amide bonds. The third-order valence-corrected chi connectivity index (χ3v) is 10.3. The van der Waals surface area contributed by atoms with E-state index in [0.717, 1.165) is 28.7 Å². The highest BCUT2D eigenvalue weighted by atomic mass is 16.3. The molecule has 0 unspecified atom stereocenters. The minimum absolute atomic E-state index is 0.920. The Morgan fingerprint density at radius 3 is 2.38 bits per heavy atom. The van der Waals surface area contributed by atoms with Gasteiger partial charge in [-0.3, -0.25) is 0 Å². The lowest BCUT2D eigenvalue weighted by molar-refractivity contribution is 0.667. The minimum Gasteiger partial charge on any atom is -0.453 e. The lowest BCUT2D eigenvalue weighted by Gasteiger charge is -2.09. The van der Waals surface area contributed by atoms with Crippen LogP contribution in [0.1, 0.15) is 22.3 Å². The molecule has 0 atom stereocenters. The Morgan fingerprint density at radius 1 is 0.596 bits per heavy atom.